The van der Waals surface area contributed by atoms with Gasteiger partial charge < -0.3 is 5.73 Å². The molecule has 2 aromatic heterocycles. The van der Waals surface area contributed by atoms with E-state index >= 15 is 0 Å². The smallest absolute Gasteiger partial charge is 0.107 e. The van der Waals surface area contributed by atoms with Gasteiger partial charge in [0, 0.05) is 28.1 Å². The first-order chi connectivity index (χ1) is 9.51. The first-order valence-electron chi connectivity index (χ1n) is 6.29. The third-order valence-electron chi connectivity index (χ3n) is 3.11. The third-order valence-corrected chi connectivity index (χ3v) is 5.68. The molecule has 20 heavy (non-hydrogen) atoms. The zero-order chi connectivity index (χ0) is 14.7. The molecule has 0 saturated heterocycles. The predicted molar refractivity (Wildman–Crippen MR) is 89.3 cm³/mol. The SMILES string of the molecule is Cc1cccc(CN(C)C(CN)c2cc(Br)c(Cl)s2)n1. The molecule has 108 valence electrons. The van der Waals surface area contributed by atoms with Gasteiger partial charge in [0.2, 0.25) is 0 Å². The molecule has 2 N–H and O–H groups in total. The van der Waals surface area contributed by atoms with Gasteiger partial charge in [0.15, 0.2) is 0 Å². The van der Waals surface area contributed by atoms with Crippen LogP contribution in [-0.4, -0.2) is 23.5 Å². The molecule has 2 aromatic rings. The molecule has 0 radical (unpaired) electrons. The Labute approximate surface area is 136 Å². The Morgan fingerprint density at radius 2 is 2.25 bits per heavy atom. The predicted octanol–water partition coefficient (Wildman–Crippen LogP) is 4.00. The monoisotopic (exact) mass is 373 g/mol. The maximum atomic E-state index is 6.12. The van der Waals surface area contributed by atoms with E-state index in [9.17, 15) is 0 Å². The summed E-state index contributed by atoms with van der Waals surface area (Å²) in [5.41, 5.74) is 8.01. The van der Waals surface area contributed by atoms with Crippen LogP contribution in [0.4, 0.5) is 0 Å². The molecule has 0 amide bonds. The van der Waals surface area contributed by atoms with Crippen LogP contribution < -0.4 is 5.73 Å². The molecule has 0 aliphatic heterocycles. The first kappa shape index (κ1) is 15.9. The molecule has 0 fully saturated rings. The summed E-state index contributed by atoms with van der Waals surface area (Å²) in [6.45, 7) is 3.31. The van der Waals surface area contributed by atoms with Crippen LogP contribution in [0.15, 0.2) is 28.7 Å². The van der Waals surface area contributed by atoms with Crippen LogP contribution in [0.5, 0.6) is 0 Å². The van der Waals surface area contributed by atoms with Gasteiger partial charge in [-0.25, -0.2) is 0 Å². The lowest BCUT2D eigenvalue weighted by Gasteiger charge is -2.25. The zero-order valence-corrected chi connectivity index (χ0v) is 14.6. The summed E-state index contributed by atoms with van der Waals surface area (Å²) in [6, 6.07) is 8.26. The van der Waals surface area contributed by atoms with Gasteiger partial charge in [-0.15, -0.1) is 11.3 Å². The number of likely N-dealkylation sites (N-methyl/N-ethyl adjacent to an activating group) is 1. The maximum absolute atomic E-state index is 6.12. The van der Waals surface area contributed by atoms with E-state index in [1.54, 1.807) is 11.3 Å². The molecule has 3 nitrogen and oxygen atoms in total. The van der Waals surface area contributed by atoms with Crippen LogP contribution in [0.1, 0.15) is 22.3 Å². The number of pyridine rings is 1. The summed E-state index contributed by atoms with van der Waals surface area (Å²) in [5, 5.41) is 0. The molecule has 1 atom stereocenters. The van der Waals surface area contributed by atoms with E-state index in [0.717, 1.165) is 26.7 Å². The molecule has 0 aliphatic carbocycles. The van der Waals surface area contributed by atoms with E-state index in [4.69, 9.17) is 17.3 Å². The van der Waals surface area contributed by atoms with E-state index < -0.39 is 0 Å². The zero-order valence-electron chi connectivity index (χ0n) is 11.4. The van der Waals surface area contributed by atoms with Crippen LogP contribution >= 0.6 is 38.9 Å². The lowest BCUT2D eigenvalue weighted by molar-refractivity contribution is 0.242. The fourth-order valence-electron chi connectivity index (χ4n) is 2.09. The van der Waals surface area contributed by atoms with Gasteiger partial charge in [-0.3, -0.25) is 9.88 Å². The number of hydrogen-bond acceptors (Lipinski definition) is 4. The topological polar surface area (TPSA) is 42.1 Å². The minimum atomic E-state index is 0.145. The van der Waals surface area contributed by atoms with E-state index in [0.29, 0.717) is 6.54 Å². The number of thiophene rings is 1. The highest BCUT2D eigenvalue weighted by Gasteiger charge is 2.19. The average molecular weight is 375 g/mol. The molecule has 0 bridgehead atoms. The van der Waals surface area contributed by atoms with Crippen molar-refractivity contribution in [3.63, 3.8) is 0 Å². The average Bonchev–Trinajstić information content (AvgIpc) is 2.70. The molecule has 2 heterocycles. The van der Waals surface area contributed by atoms with Crippen LogP contribution in [0.25, 0.3) is 0 Å². The number of nitrogens with zero attached hydrogens (tertiary/aromatic N) is 2. The van der Waals surface area contributed by atoms with Crippen molar-refractivity contribution < 1.29 is 0 Å². The van der Waals surface area contributed by atoms with Gasteiger partial charge in [-0.1, -0.05) is 17.7 Å². The second kappa shape index (κ2) is 7.00. The van der Waals surface area contributed by atoms with Crippen molar-refractivity contribution in [1.82, 2.24) is 9.88 Å². The number of nitrogens with two attached hydrogens (primary N) is 1. The Hall–Kier alpha value is -0.460. The van der Waals surface area contributed by atoms with Crippen molar-refractivity contribution in [3.8, 4) is 0 Å². The van der Waals surface area contributed by atoms with E-state index in [2.05, 4.69) is 32.9 Å². The highest BCUT2D eigenvalue weighted by atomic mass is 79.9. The van der Waals surface area contributed by atoms with Gasteiger partial charge in [0.05, 0.1) is 11.7 Å². The lowest BCUT2D eigenvalue weighted by Crippen LogP contribution is -2.29. The molecule has 0 saturated carbocycles. The molecule has 6 heteroatoms. The second-order valence-electron chi connectivity index (χ2n) is 4.71. The highest BCUT2D eigenvalue weighted by Crippen LogP contribution is 2.36. The third kappa shape index (κ3) is 3.80. The van der Waals surface area contributed by atoms with Gasteiger partial charge in [0.25, 0.3) is 0 Å². The van der Waals surface area contributed by atoms with E-state index in [-0.39, 0.29) is 6.04 Å². The summed E-state index contributed by atoms with van der Waals surface area (Å²) < 4.78 is 1.69. The summed E-state index contributed by atoms with van der Waals surface area (Å²) >= 11 is 11.1. The molecule has 2 rings (SSSR count). The molecule has 0 aliphatic rings. The van der Waals surface area contributed by atoms with Gasteiger partial charge in [-0.2, -0.15) is 0 Å². The quantitative estimate of drug-likeness (QED) is 0.860. The van der Waals surface area contributed by atoms with Gasteiger partial charge in [0.1, 0.15) is 4.34 Å². The van der Waals surface area contributed by atoms with Gasteiger partial charge >= 0.3 is 0 Å². The fraction of sp³-hybridized carbons (Fsp3) is 0.357. The van der Waals surface area contributed by atoms with Crippen molar-refractivity contribution in [2.24, 2.45) is 5.73 Å². The minimum Gasteiger partial charge on any atom is -0.329 e. The standard InChI is InChI=1S/C14H17BrClN3S/c1-9-4-3-5-10(18-9)8-19(2)12(7-17)13-6-11(15)14(16)20-13/h3-6,12H,7-8,17H2,1-2H3. The Balaban J connectivity index is 2.15. The number of aryl methyl sites for hydroxylation is 1. The first-order valence-corrected chi connectivity index (χ1v) is 8.27. The Bertz CT molecular complexity index is 568. The van der Waals surface area contributed by atoms with Crippen molar-refractivity contribution in [1.29, 1.82) is 0 Å². The number of rotatable bonds is 5. The molecule has 0 aromatic carbocycles. The molecule has 1 unspecified atom stereocenters. The maximum Gasteiger partial charge on any atom is 0.107 e. The summed E-state index contributed by atoms with van der Waals surface area (Å²) in [6.07, 6.45) is 0. The normalized spacial score (nSPS) is 12.9. The molecule has 0 spiro atoms. The Kier molecular flexibility index (Phi) is 5.57. The van der Waals surface area contributed by atoms with Crippen molar-refractivity contribution >= 4 is 38.9 Å². The lowest BCUT2D eigenvalue weighted by atomic mass is 10.2. The van der Waals surface area contributed by atoms with Crippen LogP contribution in [0, 0.1) is 6.92 Å². The fourth-order valence-corrected chi connectivity index (χ4v) is 4.01. The van der Waals surface area contributed by atoms with Crippen molar-refractivity contribution in [2.45, 2.75) is 19.5 Å². The minimum absolute atomic E-state index is 0.145. The number of halogens is 2. The van der Waals surface area contributed by atoms with Crippen LogP contribution in [0.3, 0.4) is 0 Å². The van der Waals surface area contributed by atoms with Crippen LogP contribution in [-0.2, 0) is 6.54 Å². The summed E-state index contributed by atoms with van der Waals surface area (Å²) in [4.78, 5) is 7.90. The Morgan fingerprint density at radius 1 is 1.50 bits per heavy atom. The second-order valence-corrected chi connectivity index (χ2v) is 7.25. The van der Waals surface area contributed by atoms with Crippen molar-refractivity contribution in [3.05, 3.63) is 49.3 Å². The largest absolute Gasteiger partial charge is 0.329 e. The number of aromatic nitrogens is 1. The van der Waals surface area contributed by atoms with Gasteiger partial charge in [-0.05, 0) is 48.1 Å². The van der Waals surface area contributed by atoms with E-state index in [1.807, 2.05) is 31.2 Å². The molecular formula is C14H17BrClN3S. The molecular weight excluding hydrogens is 358 g/mol. The van der Waals surface area contributed by atoms with E-state index in [1.165, 1.54) is 4.88 Å². The van der Waals surface area contributed by atoms with Crippen molar-refractivity contribution in [2.75, 3.05) is 13.6 Å². The number of hydrogen-bond donors (Lipinski definition) is 1. The summed E-state index contributed by atoms with van der Waals surface area (Å²) in [5.74, 6) is 0. The highest BCUT2D eigenvalue weighted by molar-refractivity contribution is 9.10. The van der Waals surface area contributed by atoms with Crippen LogP contribution in [0.2, 0.25) is 4.34 Å². The summed E-state index contributed by atoms with van der Waals surface area (Å²) in [7, 11) is 2.06. The Morgan fingerprint density at radius 3 is 2.80 bits per heavy atom.